The Morgan fingerprint density at radius 2 is 1.19 bits per heavy atom. The maximum atomic E-state index is 5.02. The fourth-order valence-corrected chi connectivity index (χ4v) is 7.67. The molecule has 202 valence electrons. The van der Waals surface area contributed by atoms with Crippen LogP contribution in [0.2, 0.25) is 0 Å². The molecule has 1 unspecified atom stereocenters. The smallest absolute Gasteiger partial charge is 0.163 e. The van der Waals surface area contributed by atoms with Crippen molar-refractivity contribution in [1.82, 2.24) is 15.0 Å². The molecular formula is C39H25N3S. The van der Waals surface area contributed by atoms with Gasteiger partial charge in [-0.05, 0) is 63.4 Å². The van der Waals surface area contributed by atoms with Gasteiger partial charge in [-0.2, -0.15) is 0 Å². The van der Waals surface area contributed by atoms with E-state index < -0.39 is 0 Å². The van der Waals surface area contributed by atoms with E-state index in [4.69, 9.17) is 15.0 Å². The summed E-state index contributed by atoms with van der Waals surface area (Å²) in [6.45, 7) is 0. The van der Waals surface area contributed by atoms with Crippen molar-refractivity contribution in [1.29, 1.82) is 0 Å². The molecular weight excluding hydrogens is 543 g/mol. The molecule has 6 aromatic carbocycles. The van der Waals surface area contributed by atoms with Gasteiger partial charge in [0, 0.05) is 37.2 Å². The molecule has 1 aliphatic carbocycles. The quantitative estimate of drug-likeness (QED) is 0.199. The van der Waals surface area contributed by atoms with Gasteiger partial charge in [-0.3, -0.25) is 0 Å². The Morgan fingerprint density at radius 1 is 0.512 bits per heavy atom. The monoisotopic (exact) mass is 567 g/mol. The van der Waals surface area contributed by atoms with Crippen LogP contribution in [-0.4, -0.2) is 15.0 Å². The van der Waals surface area contributed by atoms with Crippen LogP contribution in [0.4, 0.5) is 0 Å². The lowest BCUT2D eigenvalue weighted by Crippen LogP contribution is -2.07. The van der Waals surface area contributed by atoms with Gasteiger partial charge in [0.25, 0.3) is 0 Å². The van der Waals surface area contributed by atoms with Gasteiger partial charge in [0.05, 0.1) is 0 Å². The van der Waals surface area contributed by atoms with E-state index in [0.29, 0.717) is 11.6 Å². The summed E-state index contributed by atoms with van der Waals surface area (Å²) in [6.07, 6.45) is 9.40. The van der Waals surface area contributed by atoms with E-state index in [-0.39, 0.29) is 5.92 Å². The third-order valence-corrected chi connectivity index (χ3v) is 9.69. The summed E-state index contributed by atoms with van der Waals surface area (Å²) >= 11 is 1.88. The summed E-state index contributed by atoms with van der Waals surface area (Å²) in [5, 5.41) is 8.01. The highest BCUT2D eigenvalue weighted by atomic mass is 32.1. The highest BCUT2D eigenvalue weighted by molar-refractivity contribution is 7.26. The predicted octanol–water partition coefficient (Wildman–Crippen LogP) is 10.6. The second kappa shape index (κ2) is 9.69. The molecule has 0 aliphatic heterocycles. The van der Waals surface area contributed by atoms with Crippen LogP contribution in [0.5, 0.6) is 0 Å². The minimum absolute atomic E-state index is 0.132. The Labute approximate surface area is 252 Å². The molecule has 0 saturated heterocycles. The molecule has 0 fully saturated rings. The third-order valence-electron chi connectivity index (χ3n) is 8.57. The number of nitrogens with zero attached hydrogens (tertiary/aromatic N) is 3. The highest BCUT2D eigenvalue weighted by Gasteiger charge is 2.18. The second-order valence-electron chi connectivity index (χ2n) is 11.2. The van der Waals surface area contributed by atoms with Crippen molar-refractivity contribution in [2.45, 2.75) is 12.3 Å². The lowest BCUT2D eigenvalue weighted by molar-refractivity contribution is 0.764. The summed E-state index contributed by atoms with van der Waals surface area (Å²) in [6, 6.07) is 39.1. The van der Waals surface area contributed by atoms with Gasteiger partial charge >= 0.3 is 0 Å². The van der Waals surface area contributed by atoms with E-state index in [9.17, 15) is 0 Å². The molecule has 0 radical (unpaired) electrons. The summed E-state index contributed by atoms with van der Waals surface area (Å²) in [4.78, 5) is 14.9. The van der Waals surface area contributed by atoms with Crippen molar-refractivity contribution >= 4 is 53.1 Å². The summed E-state index contributed by atoms with van der Waals surface area (Å²) in [5.74, 6) is 2.34. The van der Waals surface area contributed by atoms with E-state index in [1.54, 1.807) is 0 Å². The zero-order valence-corrected chi connectivity index (χ0v) is 24.1. The molecule has 0 amide bonds. The number of allylic oxidation sites excluding steroid dienone is 4. The van der Waals surface area contributed by atoms with E-state index >= 15 is 0 Å². The molecule has 3 nitrogen and oxygen atoms in total. The van der Waals surface area contributed by atoms with Crippen molar-refractivity contribution in [3.05, 3.63) is 139 Å². The third kappa shape index (κ3) is 3.98. The molecule has 0 saturated carbocycles. The molecule has 2 aromatic heterocycles. The first-order valence-electron chi connectivity index (χ1n) is 14.6. The number of fused-ring (bicyclic) bond motifs is 3. The second-order valence-corrected chi connectivity index (χ2v) is 12.2. The van der Waals surface area contributed by atoms with Crippen LogP contribution >= 0.6 is 11.3 Å². The van der Waals surface area contributed by atoms with Crippen molar-refractivity contribution in [3.8, 4) is 33.9 Å². The summed E-state index contributed by atoms with van der Waals surface area (Å²) in [7, 11) is 0. The van der Waals surface area contributed by atoms with E-state index in [2.05, 4.69) is 115 Å². The van der Waals surface area contributed by atoms with Crippen LogP contribution in [0.25, 0.3) is 75.6 Å². The van der Waals surface area contributed by atoms with Crippen molar-refractivity contribution in [2.24, 2.45) is 0 Å². The van der Waals surface area contributed by atoms with Crippen molar-refractivity contribution in [3.63, 3.8) is 0 Å². The lowest BCUT2D eigenvalue weighted by Gasteiger charge is -2.15. The molecule has 0 N–H and O–H groups in total. The van der Waals surface area contributed by atoms with Crippen LogP contribution in [0, 0.1) is 0 Å². The van der Waals surface area contributed by atoms with Gasteiger partial charge in [-0.25, -0.2) is 15.0 Å². The fourth-order valence-electron chi connectivity index (χ4n) is 6.51. The Balaban J connectivity index is 1.20. The van der Waals surface area contributed by atoms with Crippen LogP contribution in [0.1, 0.15) is 18.2 Å². The predicted molar refractivity (Wildman–Crippen MR) is 181 cm³/mol. The first-order valence-corrected chi connectivity index (χ1v) is 15.5. The van der Waals surface area contributed by atoms with Crippen LogP contribution in [-0.2, 0) is 0 Å². The van der Waals surface area contributed by atoms with Gasteiger partial charge in [-0.1, -0.05) is 109 Å². The number of hydrogen-bond donors (Lipinski definition) is 0. The molecule has 0 spiro atoms. The molecule has 0 bridgehead atoms. The molecule has 43 heavy (non-hydrogen) atoms. The first-order chi connectivity index (χ1) is 21.3. The minimum Gasteiger partial charge on any atom is -0.212 e. The van der Waals surface area contributed by atoms with Gasteiger partial charge in [0.1, 0.15) is 5.82 Å². The highest BCUT2D eigenvalue weighted by Crippen LogP contribution is 2.45. The molecule has 2 heterocycles. The molecule has 1 aliphatic rings. The summed E-state index contributed by atoms with van der Waals surface area (Å²) < 4.78 is 2.70. The number of benzene rings is 6. The molecule has 1 atom stereocenters. The lowest BCUT2D eigenvalue weighted by atomic mass is 9.92. The Kier molecular flexibility index (Phi) is 5.50. The maximum Gasteiger partial charge on any atom is 0.163 e. The van der Waals surface area contributed by atoms with E-state index in [1.165, 1.54) is 47.3 Å². The molecule has 4 heteroatoms. The van der Waals surface area contributed by atoms with Crippen LogP contribution in [0.3, 0.4) is 0 Å². The fraction of sp³-hybridized carbons (Fsp3) is 0.0513. The minimum atomic E-state index is 0.132. The number of aromatic nitrogens is 3. The van der Waals surface area contributed by atoms with Gasteiger partial charge in [-0.15, -0.1) is 11.3 Å². The van der Waals surface area contributed by atoms with E-state index in [1.807, 2.05) is 29.5 Å². The zero-order valence-electron chi connectivity index (χ0n) is 23.2. The molecule has 9 rings (SSSR count). The normalized spacial score (nSPS) is 14.9. The first kappa shape index (κ1) is 24.4. The number of rotatable bonds is 4. The van der Waals surface area contributed by atoms with Gasteiger partial charge in [0.2, 0.25) is 0 Å². The molecule has 8 aromatic rings. The van der Waals surface area contributed by atoms with E-state index in [0.717, 1.165) is 28.9 Å². The summed E-state index contributed by atoms with van der Waals surface area (Å²) in [5.41, 5.74) is 4.30. The average molecular weight is 568 g/mol. The van der Waals surface area contributed by atoms with Crippen LogP contribution in [0.15, 0.2) is 133 Å². The van der Waals surface area contributed by atoms with Gasteiger partial charge < -0.3 is 0 Å². The number of thiophene rings is 1. The van der Waals surface area contributed by atoms with Crippen molar-refractivity contribution < 1.29 is 0 Å². The zero-order chi connectivity index (χ0) is 28.3. The number of hydrogen-bond acceptors (Lipinski definition) is 4. The van der Waals surface area contributed by atoms with Crippen molar-refractivity contribution in [2.75, 3.05) is 0 Å². The maximum absolute atomic E-state index is 5.02. The average Bonchev–Trinajstić information content (AvgIpc) is 3.48. The Bertz CT molecular complexity index is 2380. The van der Waals surface area contributed by atoms with Gasteiger partial charge in [0.15, 0.2) is 11.6 Å². The largest absolute Gasteiger partial charge is 0.212 e. The Morgan fingerprint density at radius 3 is 1.95 bits per heavy atom. The topological polar surface area (TPSA) is 38.7 Å². The Hall–Kier alpha value is -5.19. The SMILES string of the molecule is C1=CCC(c2nc(-c3ccccc3)nc(-c3cccc(-c4ccc5c(c4)c4cccc6sc7cccc5c7c64)c3)n2)C=C1. The van der Waals surface area contributed by atoms with Crippen LogP contribution < -0.4 is 0 Å². The standard InChI is InChI=1S/C39H25N3S/c1-3-10-24(11-4-1)37-40-38(25-12-5-2-6-13-25)42-39(41-37)28-15-7-14-26(22-28)27-20-21-29-30-16-8-18-33-35(30)36-31(32(29)23-27)17-9-19-34(36)43-33/h1-12,14-23,25H,13H2.